The summed E-state index contributed by atoms with van der Waals surface area (Å²) < 4.78 is 0.950. The predicted octanol–water partition coefficient (Wildman–Crippen LogP) is 1.31. The van der Waals surface area contributed by atoms with Gasteiger partial charge in [0.1, 0.15) is 11.7 Å². The molecule has 2 amide bonds. The Morgan fingerprint density at radius 1 is 1.43 bits per heavy atom. The number of β-lactam (4-membered cyclic amide) rings is 1. The molecule has 0 saturated carbocycles. The van der Waals surface area contributed by atoms with Crippen molar-refractivity contribution < 1.29 is 19.5 Å². The van der Waals surface area contributed by atoms with Gasteiger partial charge in [-0.25, -0.2) is 9.78 Å². The number of benzene rings is 1. The molecule has 2 atom stereocenters. The van der Waals surface area contributed by atoms with Gasteiger partial charge in [0.15, 0.2) is 5.13 Å². The molecule has 146 valence electrons. The van der Waals surface area contributed by atoms with Gasteiger partial charge in [0.25, 0.3) is 5.91 Å². The Balaban J connectivity index is 1.37. The van der Waals surface area contributed by atoms with Gasteiger partial charge >= 0.3 is 5.97 Å². The lowest BCUT2D eigenvalue weighted by Crippen LogP contribution is -2.71. The van der Waals surface area contributed by atoms with Crippen LogP contribution in [0.2, 0.25) is 0 Å². The van der Waals surface area contributed by atoms with Crippen LogP contribution in [0.4, 0.5) is 10.8 Å². The molecule has 0 unspecified atom stereocenters. The standard InChI is InChI=1S/C17H16ClN5O4S/c18-8-2-3-10-13(15(25)23(10)14(8)16(26)27)22-12(24)6-20-7-1-4-11-9(5-7)21-17(19)28-11/h1,4-5,10,13,20H,2-3,6H2,(H2,19,21)(H,22,24)(H,26,27)/t10-,13+/m1/s1. The minimum Gasteiger partial charge on any atom is -0.477 e. The second-order valence-corrected chi connectivity index (χ2v) is 8.02. The normalized spacial score (nSPS) is 21.3. The lowest BCUT2D eigenvalue weighted by atomic mass is 9.86. The smallest absolute Gasteiger partial charge is 0.353 e. The summed E-state index contributed by atoms with van der Waals surface area (Å²) in [7, 11) is 0. The highest BCUT2D eigenvalue weighted by atomic mass is 35.5. The van der Waals surface area contributed by atoms with Crippen LogP contribution in [-0.2, 0) is 14.4 Å². The average Bonchev–Trinajstić information content (AvgIpc) is 3.03. The Morgan fingerprint density at radius 2 is 2.21 bits per heavy atom. The number of nitrogens with one attached hydrogen (secondary N) is 2. The number of nitrogens with zero attached hydrogens (tertiary/aromatic N) is 2. The molecule has 1 aromatic carbocycles. The fraction of sp³-hybridized carbons (Fsp3) is 0.294. The number of carbonyl (C=O) groups is 3. The van der Waals surface area contributed by atoms with Crippen LogP contribution in [0.25, 0.3) is 10.2 Å². The number of hydrogen-bond donors (Lipinski definition) is 4. The van der Waals surface area contributed by atoms with Gasteiger partial charge in [0.05, 0.1) is 22.8 Å². The number of fused-ring (bicyclic) bond motifs is 2. The van der Waals surface area contributed by atoms with E-state index in [-0.39, 0.29) is 29.2 Å². The average molecular weight is 422 g/mol. The zero-order chi connectivity index (χ0) is 20.0. The molecule has 11 heteroatoms. The maximum atomic E-state index is 12.3. The van der Waals surface area contributed by atoms with Crippen LogP contribution in [0, 0.1) is 0 Å². The maximum Gasteiger partial charge on any atom is 0.353 e. The molecule has 0 spiro atoms. The summed E-state index contributed by atoms with van der Waals surface area (Å²) >= 11 is 7.33. The third-order valence-electron chi connectivity index (χ3n) is 4.75. The van der Waals surface area contributed by atoms with E-state index in [0.29, 0.717) is 23.7 Å². The molecule has 9 nitrogen and oxygen atoms in total. The Hall–Kier alpha value is -2.85. The number of hydrogen-bond acceptors (Lipinski definition) is 7. The van der Waals surface area contributed by atoms with Crippen molar-refractivity contribution in [1.29, 1.82) is 0 Å². The summed E-state index contributed by atoms with van der Waals surface area (Å²) in [5, 5.41) is 15.5. The number of nitrogen functional groups attached to an aromatic ring is 1. The van der Waals surface area contributed by atoms with Crippen LogP contribution in [0.5, 0.6) is 0 Å². The number of carboxylic acid groups (broad SMARTS) is 1. The molecule has 28 heavy (non-hydrogen) atoms. The van der Waals surface area contributed by atoms with Crippen LogP contribution >= 0.6 is 22.9 Å². The summed E-state index contributed by atoms with van der Waals surface area (Å²) in [5.74, 6) is -2.08. The monoisotopic (exact) mass is 421 g/mol. The number of anilines is 2. The number of amides is 2. The Kier molecular flexibility index (Phi) is 4.60. The van der Waals surface area contributed by atoms with Gasteiger partial charge in [-0.15, -0.1) is 0 Å². The third-order valence-corrected chi connectivity index (χ3v) is 5.99. The lowest BCUT2D eigenvalue weighted by molar-refractivity contribution is -0.155. The van der Waals surface area contributed by atoms with Crippen molar-refractivity contribution in [2.45, 2.75) is 24.9 Å². The highest BCUT2D eigenvalue weighted by Crippen LogP contribution is 2.38. The Bertz CT molecular complexity index is 1040. The van der Waals surface area contributed by atoms with Crippen LogP contribution < -0.4 is 16.4 Å². The van der Waals surface area contributed by atoms with E-state index < -0.39 is 17.9 Å². The SMILES string of the molecule is Nc1nc2cc(NCC(=O)N[C@@H]3C(=O)N4C(C(=O)O)=C(Cl)CC[C@H]34)ccc2s1. The maximum absolute atomic E-state index is 12.3. The van der Waals surface area contributed by atoms with Gasteiger partial charge in [0, 0.05) is 10.7 Å². The molecule has 5 N–H and O–H groups in total. The summed E-state index contributed by atoms with van der Waals surface area (Å²) in [6.45, 7) is -0.0377. The highest BCUT2D eigenvalue weighted by Gasteiger charge is 2.53. The molecule has 3 heterocycles. The first-order valence-electron chi connectivity index (χ1n) is 8.49. The Labute approximate surface area is 168 Å². The van der Waals surface area contributed by atoms with Crippen molar-refractivity contribution in [3.8, 4) is 0 Å². The van der Waals surface area contributed by atoms with E-state index in [4.69, 9.17) is 17.3 Å². The van der Waals surface area contributed by atoms with Crippen molar-refractivity contribution in [2.75, 3.05) is 17.6 Å². The molecule has 4 rings (SSSR count). The van der Waals surface area contributed by atoms with Gasteiger partial charge < -0.3 is 21.5 Å². The van der Waals surface area contributed by atoms with Crippen LogP contribution in [0.1, 0.15) is 12.8 Å². The molecule has 1 saturated heterocycles. The number of nitrogens with two attached hydrogens (primary N) is 1. The fourth-order valence-corrected chi connectivity index (χ4v) is 4.47. The molecule has 2 aliphatic rings. The van der Waals surface area contributed by atoms with Crippen LogP contribution in [0.15, 0.2) is 28.9 Å². The zero-order valence-corrected chi connectivity index (χ0v) is 16.0. The number of aliphatic carboxylic acids is 1. The molecule has 2 aromatic rings. The molecule has 0 aliphatic carbocycles. The molecule has 1 fully saturated rings. The van der Waals surface area contributed by atoms with Crippen molar-refractivity contribution in [1.82, 2.24) is 15.2 Å². The van der Waals surface area contributed by atoms with Crippen molar-refractivity contribution in [3.63, 3.8) is 0 Å². The van der Waals surface area contributed by atoms with Gasteiger partial charge in [0.2, 0.25) is 5.91 Å². The quantitative estimate of drug-likeness (QED) is 0.534. The van der Waals surface area contributed by atoms with Crippen LogP contribution in [0.3, 0.4) is 0 Å². The van der Waals surface area contributed by atoms with E-state index in [1.165, 1.54) is 11.3 Å². The zero-order valence-electron chi connectivity index (χ0n) is 14.4. The number of aromatic nitrogens is 1. The number of allylic oxidation sites excluding steroid dienone is 1. The Morgan fingerprint density at radius 3 is 2.96 bits per heavy atom. The largest absolute Gasteiger partial charge is 0.477 e. The first-order valence-corrected chi connectivity index (χ1v) is 9.69. The number of thiazole rings is 1. The van der Waals surface area contributed by atoms with E-state index in [9.17, 15) is 19.5 Å². The first-order chi connectivity index (χ1) is 13.3. The molecule has 0 radical (unpaired) electrons. The molecule has 0 bridgehead atoms. The van der Waals surface area contributed by atoms with E-state index in [1.807, 2.05) is 12.1 Å². The van der Waals surface area contributed by atoms with Crippen molar-refractivity contribution in [3.05, 3.63) is 28.9 Å². The van der Waals surface area contributed by atoms with Gasteiger partial charge in [-0.2, -0.15) is 0 Å². The summed E-state index contributed by atoms with van der Waals surface area (Å²) in [5.41, 5.74) is 6.93. The molecule has 2 aliphatic heterocycles. The van der Waals surface area contributed by atoms with Gasteiger partial charge in [-0.05, 0) is 31.0 Å². The number of carboxylic acids is 1. The second kappa shape index (κ2) is 6.95. The number of rotatable bonds is 5. The minimum atomic E-state index is -1.24. The highest BCUT2D eigenvalue weighted by molar-refractivity contribution is 7.22. The fourth-order valence-electron chi connectivity index (χ4n) is 3.48. The van der Waals surface area contributed by atoms with Gasteiger partial charge in [-0.3, -0.25) is 14.5 Å². The third kappa shape index (κ3) is 3.14. The summed E-state index contributed by atoms with van der Waals surface area (Å²) in [6.07, 6.45) is 0.862. The molecule has 1 aromatic heterocycles. The second-order valence-electron chi connectivity index (χ2n) is 6.51. The summed E-state index contributed by atoms with van der Waals surface area (Å²) in [4.78, 5) is 41.3. The molecular formula is C17H16ClN5O4S. The van der Waals surface area contributed by atoms with Crippen molar-refractivity contribution >= 4 is 61.8 Å². The van der Waals surface area contributed by atoms with E-state index in [2.05, 4.69) is 15.6 Å². The van der Waals surface area contributed by atoms with Crippen LogP contribution in [-0.4, -0.2) is 51.4 Å². The topological polar surface area (TPSA) is 138 Å². The number of halogens is 1. The van der Waals surface area contributed by atoms with E-state index >= 15 is 0 Å². The lowest BCUT2D eigenvalue weighted by Gasteiger charge is -2.49. The minimum absolute atomic E-state index is 0.0377. The molecular weight excluding hydrogens is 406 g/mol. The first kappa shape index (κ1) is 18.5. The number of carbonyl (C=O) groups excluding carboxylic acids is 2. The summed E-state index contributed by atoms with van der Waals surface area (Å²) in [6, 6.07) is 4.34. The van der Waals surface area contributed by atoms with E-state index in [0.717, 1.165) is 15.1 Å². The van der Waals surface area contributed by atoms with E-state index in [1.54, 1.807) is 6.07 Å². The predicted molar refractivity (Wildman–Crippen MR) is 105 cm³/mol. The van der Waals surface area contributed by atoms with Gasteiger partial charge in [-0.1, -0.05) is 22.9 Å². The van der Waals surface area contributed by atoms with Crippen molar-refractivity contribution in [2.24, 2.45) is 0 Å².